The van der Waals surface area contributed by atoms with Crippen molar-refractivity contribution in [1.82, 2.24) is 5.32 Å². The summed E-state index contributed by atoms with van der Waals surface area (Å²) in [5.41, 5.74) is 2.14. The number of hydrogen-bond donors (Lipinski definition) is 1. The van der Waals surface area contributed by atoms with Crippen molar-refractivity contribution in [2.24, 2.45) is 0 Å². The highest BCUT2D eigenvalue weighted by Gasteiger charge is 2.31. The molecule has 0 aliphatic carbocycles. The van der Waals surface area contributed by atoms with Gasteiger partial charge in [-0.25, -0.2) is 12.8 Å². The number of carbonyl (C=O) groups excluding carboxylic acids is 1. The van der Waals surface area contributed by atoms with Gasteiger partial charge in [0.15, 0.2) is 0 Å². The van der Waals surface area contributed by atoms with Crippen molar-refractivity contribution >= 4 is 21.6 Å². The average molecular weight is 423 g/mol. The lowest BCUT2D eigenvalue weighted by atomic mass is 10.1. The highest BCUT2D eigenvalue weighted by Crippen LogP contribution is 2.32. The molecule has 29 heavy (non-hydrogen) atoms. The van der Waals surface area contributed by atoms with Gasteiger partial charge < -0.3 is 10.1 Å². The number of benzene rings is 2. The van der Waals surface area contributed by atoms with Gasteiger partial charge in [0.1, 0.15) is 17.6 Å². The second-order valence-corrected chi connectivity index (χ2v) is 8.79. The molecule has 1 amide bonds. The van der Waals surface area contributed by atoms with E-state index in [0.29, 0.717) is 30.8 Å². The number of halogens is 1. The van der Waals surface area contributed by atoms with E-state index in [1.807, 2.05) is 13.0 Å². The molecule has 0 radical (unpaired) electrons. The Balaban J connectivity index is 2.07. The molecule has 2 aromatic carbocycles. The van der Waals surface area contributed by atoms with Gasteiger partial charge in [0.05, 0.1) is 19.1 Å². The maximum Gasteiger partial charge on any atom is 0.243 e. The summed E-state index contributed by atoms with van der Waals surface area (Å²) < 4.78 is 44.2. The van der Waals surface area contributed by atoms with Gasteiger partial charge in [-0.15, -0.1) is 0 Å². The second kappa shape index (κ2) is 9.73. The molecule has 0 saturated carbocycles. The molecule has 1 atom stereocenters. The van der Waals surface area contributed by atoms with Gasteiger partial charge in [-0.05, 0) is 62.1 Å². The first-order valence-electron chi connectivity index (χ1n) is 9.29. The van der Waals surface area contributed by atoms with Crippen molar-refractivity contribution in [1.29, 1.82) is 0 Å². The minimum atomic E-state index is -3.73. The topological polar surface area (TPSA) is 75.7 Å². The molecule has 0 fully saturated rings. The predicted molar refractivity (Wildman–Crippen MR) is 112 cm³/mol. The number of anilines is 1. The van der Waals surface area contributed by atoms with Crippen molar-refractivity contribution in [3.8, 4) is 5.75 Å². The summed E-state index contributed by atoms with van der Waals surface area (Å²) in [5.74, 6) is -0.321. The first-order valence-corrected chi connectivity index (χ1v) is 11.1. The molecule has 2 rings (SSSR count). The molecule has 0 aliphatic heterocycles. The Morgan fingerprint density at radius 3 is 2.45 bits per heavy atom. The number of nitrogens with one attached hydrogen (secondary N) is 1. The van der Waals surface area contributed by atoms with E-state index in [9.17, 15) is 17.6 Å². The van der Waals surface area contributed by atoms with Crippen LogP contribution in [0.4, 0.5) is 10.1 Å². The summed E-state index contributed by atoms with van der Waals surface area (Å²) in [4.78, 5) is 12.6. The zero-order valence-electron chi connectivity index (χ0n) is 17.1. The highest BCUT2D eigenvalue weighted by atomic mass is 32.2. The quantitative estimate of drug-likeness (QED) is 0.631. The van der Waals surface area contributed by atoms with Crippen LogP contribution in [0.3, 0.4) is 0 Å². The lowest BCUT2D eigenvalue weighted by molar-refractivity contribution is -0.121. The molecule has 6 nitrogen and oxygen atoms in total. The Morgan fingerprint density at radius 2 is 1.86 bits per heavy atom. The van der Waals surface area contributed by atoms with Crippen molar-refractivity contribution in [3.05, 3.63) is 59.4 Å². The van der Waals surface area contributed by atoms with Crippen molar-refractivity contribution in [2.45, 2.75) is 32.7 Å². The molecule has 0 aromatic heterocycles. The average Bonchev–Trinajstić information content (AvgIpc) is 2.65. The molecule has 0 heterocycles. The van der Waals surface area contributed by atoms with Gasteiger partial charge in [0, 0.05) is 6.54 Å². The molecule has 8 heteroatoms. The summed E-state index contributed by atoms with van der Waals surface area (Å²) in [5, 5.41) is 2.78. The molecule has 2 aromatic rings. The zero-order chi connectivity index (χ0) is 21.6. The van der Waals surface area contributed by atoms with E-state index in [4.69, 9.17) is 4.74 Å². The van der Waals surface area contributed by atoms with E-state index in [2.05, 4.69) is 5.32 Å². The van der Waals surface area contributed by atoms with Crippen molar-refractivity contribution in [3.63, 3.8) is 0 Å². The summed E-state index contributed by atoms with van der Waals surface area (Å²) in [6.45, 7) is 3.75. The van der Waals surface area contributed by atoms with E-state index < -0.39 is 22.0 Å². The highest BCUT2D eigenvalue weighted by molar-refractivity contribution is 7.92. The molecule has 0 spiro atoms. The van der Waals surface area contributed by atoms with Gasteiger partial charge in [-0.3, -0.25) is 9.10 Å². The normalized spacial score (nSPS) is 12.3. The van der Waals surface area contributed by atoms with Crippen LogP contribution < -0.4 is 14.4 Å². The largest absolute Gasteiger partial charge is 0.495 e. The van der Waals surface area contributed by atoms with Gasteiger partial charge in [0.25, 0.3) is 0 Å². The van der Waals surface area contributed by atoms with Crippen LogP contribution in [0.2, 0.25) is 0 Å². The first-order chi connectivity index (χ1) is 13.6. The molecule has 1 N–H and O–H groups in total. The summed E-state index contributed by atoms with van der Waals surface area (Å²) in [6, 6.07) is 10.4. The van der Waals surface area contributed by atoms with Crippen LogP contribution in [-0.4, -0.2) is 40.3 Å². The van der Waals surface area contributed by atoms with Gasteiger partial charge in [0.2, 0.25) is 15.9 Å². The lowest BCUT2D eigenvalue weighted by Gasteiger charge is -2.29. The first kappa shape index (κ1) is 22.7. The fourth-order valence-electron chi connectivity index (χ4n) is 3.06. The molecule has 158 valence electrons. The molecular weight excluding hydrogens is 395 g/mol. The smallest absolute Gasteiger partial charge is 0.243 e. The Morgan fingerprint density at radius 1 is 1.21 bits per heavy atom. The summed E-state index contributed by atoms with van der Waals surface area (Å²) >= 11 is 0. The number of amides is 1. The molecule has 0 aliphatic rings. The van der Waals surface area contributed by atoms with Crippen LogP contribution in [0.15, 0.2) is 42.5 Å². The van der Waals surface area contributed by atoms with E-state index in [1.165, 1.54) is 26.2 Å². The van der Waals surface area contributed by atoms with E-state index in [0.717, 1.165) is 21.7 Å². The number of methoxy groups -OCH3 is 1. The van der Waals surface area contributed by atoms with Crippen LogP contribution >= 0.6 is 0 Å². The summed E-state index contributed by atoms with van der Waals surface area (Å²) in [6.07, 6.45) is 2.39. The molecule has 0 unspecified atom stereocenters. The van der Waals surface area contributed by atoms with Crippen LogP contribution in [-0.2, 0) is 21.2 Å². The van der Waals surface area contributed by atoms with Gasteiger partial charge in [-0.2, -0.15) is 0 Å². The fourth-order valence-corrected chi connectivity index (χ4v) is 4.23. The van der Waals surface area contributed by atoms with Crippen LogP contribution in [0, 0.1) is 12.7 Å². The molecule has 0 bridgehead atoms. The Bertz CT molecular complexity index is 946. The van der Waals surface area contributed by atoms with Crippen LogP contribution in [0.5, 0.6) is 5.75 Å². The number of rotatable bonds is 9. The van der Waals surface area contributed by atoms with E-state index in [-0.39, 0.29) is 5.82 Å². The number of aryl methyl sites for hydroxylation is 2. The standard InChI is InChI=1S/C21H27FN2O4S/c1-15-7-12-20(28-3)19(14-15)24(29(4,26)27)16(2)21(25)23-13-5-6-17-8-10-18(22)11-9-17/h7-12,14,16H,5-6,13H2,1-4H3,(H,23,25)/t16-/m0/s1. The Kier molecular flexibility index (Phi) is 7.61. The zero-order valence-corrected chi connectivity index (χ0v) is 17.9. The number of carbonyl (C=O) groups is 1. The van der Waals surface area contributed by atoms with Crippen LogP contribution in [0.1, 0.15) is 24.5 Å². The Labute approximate surface area is 171 Å². The minimum absolute atomic E-state index is 0.289. The third-order valence-corrected chi connectivity index (χ3v) is 5.74. The number of ether oxygens (including phenoxy) is 1. The summed E-state index contributed by atoms with van der Waals surface area (Å²) in [7, 11) is -2.28. The number of hydrogen-bond acceptors (Lipinski definition) is 4. The third-order valence-electron chi connectivity index (χ3n) is 4.52. The Hall–Kier alpha value is -2.61. The maximum atomic E-state index is 12.9. The van der Waals surface area contributed by atoms with E-state index >= 15 is 0 Å². The third kappa shape index (κ3) is 6.19. The van der Waals surface area contributed by atoms with Gasteiger partial charge in [-0.1, -0.05) is 18.2 Å². The minimum Gasteiger partial charge on any atom is -0.495 e. The lowest BCUT2D eigenvalue weighted by Crippen LogP contribution is -2.48. The predicted octanol–water partition coefficient (Wildman–Crippen LogP) is 3.05. The SMILES string of the molecule is COc1ccc(C)cc1N([C@@H](C)C(=O)NCCCc1ccc(F)cc1)S(C)(=O)=O. The number of nitrogens with zero attached hydrogens (tertiary/aromatic N) is 1. The number of sulfonamides is 1. The van der Waals surface area contributed by atoms with Crippen molar-refractivity contribution < 1.29 is 22.3 Å². The van der Waals surface area contributed by atoms with E-state index in [1.54, 1.807) is 24.3 Å². The maximum absolute atomic E-state index is 12.9. The fraction of sp³-hybridized carbons (Fsp3) is 0.381. The molecular formula is C21H27FN2O4S. The monoisotopic (exact) mass is 422 g/mol. The van der Waals surface area contributed by atoms with Crippen LogP contribution in [0.25, 0.3) is 0 Å². The van der Waals surface area contributed by atoms with Crippen molar-refractivity contribution in [2.75, 3.05) is 24.2 Å². The van der Waals surface area contributed by atoms with Gasteiger partial charge >= 0.3 is 0 Å². The second-order valence-electron chi connectivity index (χ2n) is 6.93. The molecule has 0 saturated heterocycles.